The van der Waals surface area contributed by atoms with Gasteiger partial charge in [0.15, 0.2) is 0 Å². The number of hydrogen-bond acceptors (Lipinski definition) is 4. The van der Waals surface area contributed by atoms with Gasteiger partial charge in [0.05, 0.1) is 29.8 Å². The average molecular weight is 268 g/mol. The molecule has 0 saturated carbocycles. The second-order valence-corrected chi connectivity index (χ2v) is 5.81. The van der Waals surface area contributed by atoms with Crippen LogP contribution < -0.4 is 5.32 Å². The van der Waals surface area contributed by atoms with Gasteiger partial charge in [-0.3, -0.25) is 4.79 Å². The Morgan fingerprint density at radius 2 is 2.44 bits per heavy atom. The highest BCUT2D eigenvalue weighted by atomic mass is 32.1. The fourth-order valence-corrected chi connectivity index (χ4v) is 3.14. The van der Waals surface area contributed by atoms with Crippen LogP contribution in [0.15, 0.2) is 0 Å². The largest absolute Gasteiger partial charge is 0.381 e. The van der Waals surface area contributed by atoms with E-state index in [0.717, 1.165) is 25.0 Å². The second-order valence-electron chi connectivity index (χ2n) is 4.64. The van der Waals surface area contributed by atoms with Crippen LogP contribution in [0.2, 0.25) is 0 Å². The summed E-state index contributed by atoms with van der Waals surface area (Å²) in [4.78, 5) is 17.5. The molecule has 5 heteroatoms. The molecule has 1 amide bonds. The van der Waals surface area contributed by atoms with Crippen LogP contribution in [-0.4, -0.2) is 24.1 Å². The first-order chi connectivity index (χ1) is 8.70. The highest BCUT2D eigenvalue weighted by Gasteiger charge is 2.23. The van der Waals surface area contributed by atoms with E-state index in [4.69, 9.17) is 4.74 Å². The first kappa shape index (κ1) is 13.5. The predicted molar refractivity (Wildman–Crippen MR) is 71.6 cm³/mol. The van der Waals surface area contributed by atoms with Crippen molar-refractivity contribution in [3.05, 3.63) is 15.6 Å². The van der Waals surface area contributed by atoms with E-state index in [9.17, 15) is 4.79 Å². The zero-order valence-corrected chi connectivity index (χ0v) is 11.8. The van der Waals surface area contributed by atoms with Gasteiger partial charge in [-0.2, -0.15) is 0 Å². The number of aromatic nitrogens is 1. The standard InChI is InChI=1S/C13H20N2O2S/c1-3-4-12-15-9(2)11(18-12)7-14-13(16)10-5-6-17-8-10/h10H,3-8H2,1-2H3,(H,14,16)/t10-/m0/s1. The molecule has 1 saturated heterocycles. The summed E-state index contributed by atoms with van der Waals surface area (Å²) in [6.45, 7) is 6.03. The number of ether oxygens (including phenoxy) is 1. The molecule has 0 unspecified atom stereocenters. The molecule has 0 aliphatic carbocycles. The summed E-state index contributed by atoms with van der Waals surface area (Å²) in [5.74, 6) is 0.144. The maximum Gasteiger partial charge on any atom is 0.225 e. The number of thiazole rings is 1. The number of aryl methyl sites for hydroxylation is 2. The minimum absolute atomic E-state index is 0.0355. The molecule has 4 nitrogen and oxygen atoms in total. The lowest BCUT2D eigenvalue weighted by Gasteiger charge is -2.08. The number of amides is 1. The Balaban J connectivity index is 1.87. The third-order valence-corrected chi connectivity index (χ3v) is 4.34. The average Bonchev–Trinajstić information content (AvgIpc) is 2.97. The number of carbonyl (C=O) groups excluding carboxylic acids is 1. The molecular weight excluding hydrogens is 248 g/mol. The Kier molecular flexibility index (Phi) is 4.72. The molecule has 0 bridgehead atoms. The summed E-state index contributed by atoms with van der Waals surface area (Å²) in [7, 11) is 0. The molecule has 0 aromatic carbocycles. The quantitative estimate of drug-likeness (QED) is 0.889. The van der Waals surface area contributed by atoms with Gasteiger partial charge in [0.1, 0.15) is 0 Å². The van der Waals surface area contributed by atoms with Crippen LogP contribution in [0.5, 0.6) is 0 Å². The van der Waals surface area contributed by atoms with Gasteiger partial charge in [0.25, 0.3) is 0 Å². The van der Waals surface area contributed by atoms with Crippen molar-refractivity contribution in [2.75, 3.05) is 13.2 Å². The smallest absolute Gasteiger partial charge is 0.225 e. The summed E-state index contributed by atoms with van der Waals surface area (Å²) in [5.41, 5.74) is 1.05. The van der Waals surface area contributed by atoms with Gasteiger partial charge in [0.2, 0.25) is 5.91 Å². The van der Waals surface area contributed by atoms with E-state index >= 15 is 0 Å². The number of nitrogens with one attached hydrogen (secondary N) is 1. The minimum atomic E-state index is 0.0355. The van der Waals surface area contributed by atoms with Crippen molar-refractivity contribution >= 4 is 17.2 Å². The lowest BCUT2D eigenvalue weighted by Crippen LogP contribution is -2.30. The SMILES string of the molecule is CCCc1nc(C)c(CNC(=O)[C@H]2CCOC2)s1. The topological polar surface area (TPSA) is 51.2 Å². The van der Waals surface area contributed by atoms with Crippen molar-refractivity contribution in [1.29, 1.82) is 0 Å². The summed E-state index contributed by atoms with van der Waals surface area (Å²) in [5, 5.41) is 4.16. The van der Waals surface area contributed by atoms with Crippen molar-refractivity contribution in [3.63, 3.8) is 0 Å². The third kappa shape index (κ3) is 3.29. The van der Waals surface area contributed by atoms with E-state index in [-0.39, 0.29) is 11.8 Å². The van der Waals surface area contributed by atoms with Gasteiger partial charge < -0.3 is 10.1 Å². The monoisotopic (exact) mass is 268 g/mol. The molecule has 0 spiro atoms. The Hall–Kier alpha value is -0.940. The van der Waals surface area contributed by atoms with Gasteiger partial charge in [0, 0.05) is 11.5 Å². The number of carbonyl (C=O) groups is 1. The van der Waals surface area contributed by atoms with Crippen molar-refractivity contribution in [1.82, 2.24) is 10.3 Å². The molecule has 1 aliphatic rings. The molecule has 1 fully saturated rings. The predicted octanol–water partition coefficient (Wildman–Crippen LogP) is 2.06. The highest BCUT2D eigenvalue weighted by molar-refractivity contribution is 7.11. The summed E-state index contributed by atoms with van der Waals surface area (Å²) < 4.78 is 5.22. The summed E-state index contributed by atoms with van der Waals surface area (Å²) in [6.07, 6.45) is 2.97. The number of nitrogens with zero attached hydrogens (tertiary/aromatic N) is 1. The molecule has 18 heavy (non-hydrogen) atoms. The lowest BCUT2D eigenvalue weighted by atomic mass is 10.1. The van der Waals surface area contributed by atoms with Crippen molar-refractivity contribution in [3.8, 4) is 0 Å². The van der Waals surface area contributed by atoms with E-state index in [1.807, 2.05) is 6.92 Å². The molecule has 1 aromatic rings. The molecule has 0 radical (unpaired) electrons. The maximum absolute atomic E-state index is 11.9. The highest BCUT2D eigenvalue weighted by Crippen LogP contribution is 2.19. The van der Waals surface area contributed by atoms with Crippen molar-refractivity contribution < 1.29 is 9.53 Å². The Bertz CT molecular complexity index is 411. The fourth-order valence-electron chi connectivity index (χ4n) is 2.03. The molecule has 1 atom stereocenters. The van der Waals surface area contributed by atoms with E-state index in [0.29, 0.717) is 19.8 Å². The van der Waals surface area contributed by atoms with Gasteiger partial charge in [-0.05, 0) is 26.2 Å². The molecule has 2 rings (SSSR count). The van der Waals surface area contributed by atoms with E-state index < -0.39 is 0 Å². The molecule has 2 heterocycles. The molecule has 1 aromatic heterocycles. The molecular formula is C13H20N2O2S. The maximum atomic E-state index is 11.9. The second kappa shape index (κ2) is 6.29. The summed E-state index contributed by atoms with van der Waals surface area (Å²) >= 11 is 1.71. The Morgan fingerprint density at radius 3 is 3.11 bits per heavy atom. The Labute approximate surface area is 112 Å². The van der Waals surface area contributed by atoms with Crippen LogP contribution in [0.4, 0.5) is 0 Å². The minimum Gasteiger partial charge on any atom is -0.381 e. The first-order valence-electron chi connectivity index (χ1n) is 6.51. The fraction of sp³-hybridized carbons (Fsp3) is 0.692. The summed E-state index contributed by atoms with van der Waals surface area (Å²) in [6, 6.07) is 0. The van der Waals surface area contributed by atoms with Gasteiger partial charge in [-0.25, -0.2) is 4.98 Å². The van der Waals surface area contributed by atoms with E-state index in [1.165, 1.54) is 9.88 Å². The van der Waals surface area contributed by atoms with Crippen molar-refractivity contribution in [2.24, 2.45) is 5.92 Å². The first-order valence-corrected chi connectivity index (χ1v) is 7.33. The number of rotatable bonds is 5. The van der Waals surface area contributed by atoms with Crippen LogP contribution in [0.25, 0.3) is 0 Å². The van der Waals surface area contributed by atoms with Crippen LogP contribution in [0.3, 0.4) is 0 Å². The van der Waals surface area contributed by atoms with Crippen LogP contribution in [0, 0.1) is 12.8 Å². The van der Waals surface area contributed by atoms with E-state index in [1.54, 1.807) is 11.3 Å². The van der Waals surface area contributed by atoms with Gasteiger partial charge >= 0.3 is 0 Å². The van der Waals surface area contributed by atoms with E-state index in [2.05, 4.69) is 17.2 Å². The molecule has 100 valence electrons. The number of hydrogen-bond donors (Lipinski definition) is 1. The van der Waals surface area contributed by atoms with Crippen LogP contribution >= 0.6 is 11.3 Å². The van der Waals surface area contributed by atoms with Gasteiger partial charge in [-0.15, -0.1) is 11.3 Å². The van der Waals surface area contributed by atoms with Gasteiger partial charge in [-0.1, -0.05) is 6.92 Å². The zero-order valence-electron chi connectivity index (χ0n) is 11.0. The Morgan fingerprint density at radius 1 is 1.61 bits per heavy atom. The molecule has 1 aliphatic heterocycles. The van der Waals surface area contributed by atoms with Crippen LogP contribution in [-0.2, 0) is 22.5 Å². The normalized spacial score (nSPS) is 19.1. The lowest BCUT2D eigenvalue weighted by molar-refractivity contribution is -0.125. The zero-order chi connectivity index (χ0) is 13.0. The van der Waals surface area contributed by atoms with Crippen molar-refractivity contribution in [2.45, 2.75) is 39.7 Å². The van der Waals surface area contributed by atoms with Crippen LogP contribution in [0.1, 0.15) is 35.3 Å². The third-order valence-electron chi connectivity index (χ3n) is 3.12. The molecule has 1 N–H and O–H groups in total.